The normalized spacial score (nSPS) is 21.4. The van der Waals surface area contributed by atoms with Crippen molar-refractivity contribution in [3.8, 4) is 5.75 Å². The lowest BCUT2D eigenvalue weighted by atomic mass is 9.94. The number of amides is 1. The number of ether oxygens (including phenoxy) is 1. The van der Waals surface area contributed by atoms with E-state index in [0.29, 0.717) is 43.6 Å². The number of hydrogen-bond donors (Lipinski definition) is 2. The average molecular weight is 384 g/mol. The van der Waals surface area contributed by atoms with Crippen molar-refractivity contribution < 1.29 is 17.9 Å². The Morgan fingerprint density at radius 3 is 2.46 bits per heavy atom. The van der Waals surface area contributed by atoms with Gasteiger partial charge in [-0.05, 0) is 43.5 Å². The largest absolute Gasteiger partial charge is 0.495 e. The zero-order valence-electron chi connectivity index (χ0n) is 15.9. The van der Waals surface area contributed by atoms with Crippen LogP contribution in [0, 0.1) is 11.8 Å². The Morgan fingerprint density at radius 2 is 1.88 bits per heavy atom. The number of piperidine rings is 1. The van der Waals surface area contributed by atoms with Crippen LogP contribution in [0.5, 0.6) is 5.75 Å². The molecule has 7 nitrogen and oxygen atoms in total. The van der Waals surface area contributed by atoms with E-state index in [1.165, 1.54) is 23.5 Å². The predicted octanol–water partition coefficient (Wildman–Crippen LogP) is 1.31. The van der Waals surface area contributed by atoms with Gasteiger partial charge in [-0.15, -0.1) is 0 Å². The number of rotatable bonds is 7. The standard InChI is InChI=1S/C18H29N3O4S/c1-13-9-14(2)12-21(11-13)26(23,24)17-10-15(5-6-16(17)25-4)18(22)20-8-7-19-3/h5-6,10,13-14,19H,7-9,11-12H2,1-4H3,(H,20,22). The van der Waals surface area contributed by atoms with E-state index in [1.54, 1.807) is 13.1 Å². The molecule has 2 N–H and O–H groups in total. The van der Waals surface area contributed by atoms with Crippen LogP contribution in [0.1, 0.15) is 30.6 Å². The van der Waals surface area contributed by atoms with Crippen molar-refractivity contribution in [1.29, 1.82) is 0 Å². The van der Waals surface area contributed by atoms with Gasteiger partial charge in [0.05, 0.1) is 7.11 Å². The van der Waals surface area contributed by atoms with Crippen LogP contribution in [-0.4, -0.2) is 59.0 Å². The second-order valence-electron chi connectivity index (χ2n) is 6.99. The Bertz CT molecular complexity index is 726. The fraction of sp³-hybridized carbons (Fsp3) is 0.611. The summed E-state index contributed by atoms with van der Waals surface area (Å²) in [5, 5.41) is 5.70. The summed E-state index contributed by atoms with van der Waals surface area (Å²) >= 11 is 0. The van der Waals surface area contributed by atoms with Gasteiger partial charge in [0.1, 0.15) is 10.6 Å². The van der Waals surface area contributed by atoms with E-state index in [2.05, 4.69) is 24.5 Å². The molecule has 2 rings (SSSR count). The highest BCUT2D eigenvalue weighted by Gasteiger charge is 2.34. The Balaban J connectivity index is 2.33. The molecule has 26 heavy (non-hydrogen) atoms. The lowest BCUT2D eigenvalue weighted by Crippen LogP contribution is -2.42. The summed E-state index contributed by atoms with van der Waals surface area (Å²) in [5.41, 5.74) is 0.304. The molecule has 1 aromatic carbocycles. The molecule has 0 aliphatic carbocycles. The number of hydrogen-bond acceptors (Lipinski definition) is 5. The number of sulfonamides is 1. The van der Waals surface area contributed by atoms with Gasteiger partial charge in [-0.25, -0.2) is 8.42 Å². The van der Waals surface area contributed by atoms with E-state index >= 15 is 0 Å². The van der Waals surface area contributed by atoms with Crippen LogP contribution in [0.25, 0.3) is 0 Å². The van der Waals surface area contributed by atoms with E-state index in [1.807, 2.05) is 0 Å². The summed E-state index contributed by atoms with van der Waals surface area (Å²) in [4.78, 5) is 12.3. The van der Waals surface area contributed by atoms with Crippen LogP contribution in [0.3, 0.4) is 0 Å². The maximum Gasteiger partial charge on any atom is 0.251 e. The molecule has 1 fully saturated rings. The molecule has 0 saturated carbocycles. The van der Waals surface area contributed by atoms with E-state index in [4.69, 9.17) is 4.74 Å². The van der Waals surface area contributed by atoms with E-state index in [9.17, 15) is 13.2 Å². The van der Waals surface area contributed by atoms with Crippen molar-refractivity contribution >= 4 is 15.9 Å². The van der Waals surface area contributed by atoms with Crippen molar-refractivity contribution in [3.63, 3.8) is 0 Å². The molecule has 1 saturated heterocycles. The third-order valence-corrected chi connectivity index (χ3v) is 6.39. The fourth-order valence-electron chi connectivity index (χ4n) is 3.36. The van der Waals surface area contributed by atoms with Crippen LogP contribution in [0.4, 0.5) is 0 Å². The van der Waals surface area contributed by atoms with Gasteiger partial charge in [-0.2, -0.15) is 4.31 Å². The number of nitrogens with zero attached hydrogens (tertiary/aromatic N) is 1. The van der Waals surface area contributed by atoms with Gasteiger partial charge < -0.3 is 15.4 Å². The Morgan fingerprint density at radius 1 is 1.23 bits per heavy atom. The Hall–Kier alpha value is -1.64. The highest BCUT2D eigenvalue weighted by atomic mass is 32.2. The Kier molecular flexibility index (Phi) is 7.02. The molecule has 8 heteroatoms. The molecule has 2 atom stereocenters. The molecule has 0 aromatic heterocycles. The van der Waals surface area contributed by atoms with Gasteiger partial charge in [-0.1, -0.05) is 13.8 Å². The number of carbonyl (C=O) groups excluding carboxylic acids is 1. The smallest absolute Gasteiger partial charge is 0.251 e. The molecule has 1 aliphatic heterocycles. The zero-order chi connectivity index (χ0) is 19.3. The summed E-state index contributed by atoms with van der Waals surface area (Å²) in [6, 6.07) is 4.53. The summed E-state index contributed by atoms with van der Waals surface area (Å²) in [5.74, 6) is 0.544. The number of carbonyl (C=O) groups is 1. The monoisotopic (exact) mass is 383 g/mol. The molecule has 0 bridgehead atoms. The van der Waals surface area contributed by atoms with E-state index in [-0.39, 0.29) is 16.6 Å². The lowest BCUT2D eigenvalue weighted by molar-refractivity contribution is 0.0954. The SMILES string of the molecule is CNCCNC(=O)c1ccc(OC)c(S(=O)(=O)N2CC(C)CC(C)C2)c1. The molecular formula is C18H29N3O4S. The van der Waals surface area contributed by atoms with Gasteiger partial charge in [0.15, 0.2) is 0 Å². The first kappa shape index (κ1) is 20.7. The number of benzene rings is 1. The minimum Gasteiger partial charge on any atom is -0.495 e. The average Bonchev–Trinajstić information content (AvgIpc) is 2.60. The highest BCUT2D eigenvalue weighted by molar-refractivity contribution is 7.89. The molecule has 0 spiro atoms. The molecule has 1 heterocycles. The van der Waals surface area contributed by atoms with Gasteiger partial charge >= 0.3 is 0 Å². The second-order valence-corrected chi connectivity index (χ2v) is 8.90. The maximum absolute atomic E-state index is 13.2. The van der Waals surface area contributed by atoms with Crippen LogP contribution in [-0.2, 0) is 10.0 Å². The topological polar surface area (TPSA) is 87.7 Å². The van der Waals surface area contributed by atoms with Gasteiger partial charge in [-0.3, -0.25) is 4.79 Å². The molecular weight excluding hydrogens is 354 g/mol. The highest BCUT2D eigenvalue weighted by Crippen LogP contribution is 2.32. The van der Waals surface area contributed by atoms with Crippen LogP contribution >= 0.6 is 0 Å². The third kappa shape index (κ3) is 4.75. The van der Waals surface area contributed by atoms with Crippen LogP contribution < -0.4 is 15.4 Å². The van der Waals surface area contributed by atoms with Crippen LogP contribution in [0.15, 0.2) is 23.1 Å². The quantitative estimate of drug-likeness (QED) is 0.693. The van der Waals surface area contributed by atoms with Crippen molar-refractivity contribution in [2.45, 2.75) is 25.2 Å². The number of methoxy groups -OCH3 is 1. The molecule has 1 aromatic rings. The molecule has 146 valence electrons. The van der Waals surface area contributed by atoms with Gasteiger partial charge in [0.25, 0.3) is 5.91 Å². The van der Waals surface area contributed by atoms with Crippen molar-refractivity contribution in [3.05, 3.63) is 23.8 Å². The zero-order valence-corrected chi connectivity index (χ0v) is 16.7. The molecule has 1 amide bonds. The lowest BCUT2D eigenvalue weighted by Gasteiger charge is -2.34. The van der Waals surface area contributed by atoms with Gasteiger partial charge in [0.2, 0.25) is 10.0 Å². The van der Waals surface area contributed by atoms with Crippen molar-refractivity contribution in [1.82, 2.24) is 14.9 Å². The first-order chi connectivity index (χ1) is 12.3. The minimum absolute atomic E-state index is 0.0440. The van der Waals surface area contributed by atoms with Crippen LogP contribution in [0.2, 0.25) is 0 Å². The molecule has 2 unspecified atom stereocenters. The number of likely N-dealkylation sites (N-methyl/N-ethyl adjacent to an activating group) is 1. The molecule has 1 aliphatic rings. The predicted molar refractivity (Wildman–Crippen MR) is 101 cm³/mol. The summed E-state index contributed by atoms with van der Waals surface area (Å²) < 4.78 is 33.2. The summed E-state index contributed by atoms with van der Waals surface area (Å²) in [6.07, 6.45) is 1.01. The Labute approximate surface area is 156 Å². The first-order valence-corrected chi connectivity index (χ1v) is 10.3. The van der Waals surface area contributed by atoms with E-state index in [0.717, 1.165) is 6.42 Å². The van der Waals surface area contributed by atoms with Gasteiger partial charge in [0, 0.05) is 31.7 Å². The van der Waals surface area contributed by atoms with Crippen molar-refractivity contribution in [2.24, 2.45) is 11.8 Å². The summed E-state index contributed by atoms with van der Waals surface area (Å²) in [6.45, 7) is 6.17. The summed E-state index contributed by atoms with van der Waals surface area (Å²) in [7, 11) is -0.506. The second kappa shape index (κ2) is 8.83. The molecule has 0 radical (unpaired) electrons. The van der Waals surface area contributed by atoms with E-state index < -0.39 is 10.0 Å². The fourth-order valence-corrected chi connectivity index (χ4v) is 5.22. The number of nitrogens with one attached hydrogen (secondary N) is 2. The minimum atomic E-state index is -3.74. The van der Waals surface area contributed by atoms with Crippen molar-refractivity contribution in [2.75, 3.05) is 40.3 Å². The third-order valence-electron chi connectivity index (χ3n) is 4.54. The maximum atomic E-state index is 13.2. The first-order valence-electron chi connectivity index (χ1n) is 8.90.